The van der Waals surface area contributed by atoms with Crippen LogP contribution in [0.3, 0.4) is 0 Å². The van der Waals surface area contributed by atoms with E-state index in [2.05, 4.69) is 15.6 Å². The lowest BCUT2D eigenvalue weighted by Gasteiger charge is -2.36. The number of amides is 2. The van der Waals surface area contributed by atoms with E-state index in [1.54, 1.807) is 24.3 Å². The van der Waals surface area contributed by atoms with Gasteiger partial charge in [-0.2, -0.15) is 8.42 Å². The van der Waals surface area contributed by atoms with Gasteiger partial charge in [0.2, 0.25) is 5.88 Å². The van der Waals surface area contributed by atoms with Crippen molar-refractivity contribution >= 4 is 39.4 Å². The summed E-state index contributed by atoms with van der Waals surface area (Å²) >= 11 is 0. The third-order valence-corrected chi connectivity index (χ3v) is 7.98. The first-order valence-corrected chi connectivity index (χ1v) is 17.1. The average molecular weight is 682 g/mol. The molecule has 14 heteroatoms. The van der Waals surface area contributed by atoms with Gasteiger partial charge in [0.15, 0.2) is 0 Å². The highest BCUT2D eigenvalue weighted by Gasteiger charge is 2.34. The fourth-order valence-electron chi connectivity index (χ4n) is 5.70. The highest BCUT2D eigenvalue weighted by Crippen LogP contribution is 2.35. The van der Waals surface area contributed by atoms with Gasteiger partial charge in [-0.05, 0) is 72.7 Å². The van der Waals surface area contributed by atoms with E-state index in [0.29, 0.717) is 24.1 Å². The van der Waals surface area contributed by atoms with E-state index in [9.17, 15) is 27.9 Å². The van der Waals surface area contributed by atoms with E-state index in [0.717, 1.165) is 6.26 Å². The smallest absolute Gasteiger partial charge is 0.336 e. The zero-order valence-corrected chi connectivity index (χ0v) is 28.7. The van der Waals surface area contributed by atoms with Gasteiger partial charge in [-0.25, -0.2) is 9.78 Å². The number of nitrogens with two attached hydrogens (primary N) is 1. The summed E-state index contributed by atoms with van der Waals surface area (Å²) in [5.74, 6) is -2.21. The molecule has 1 heterocycles. The summed E-state index contributed by atoms with van der Waals surface area (Å²) in [5.41, 5.74) is 5.69. The van der Waals surface area contributed by atoms with E-state index in [-0.39, 0.29) is 64.7 Å². The highest BCUT2D eigenvalue weighted by atomic mass is 32.2. The van der Waals surface area contributed by atoms with Crippen LogP contribution in [0.5, 0.6) is 5.88 Å². The molecule has 3 rings (SSSR count). The molecule has 0 fully saturated rings. The van der Waals surface area contributed by atoms with Gasteiger partial charge in [0.25, 0.3) is 21.9 Å². The number of hydrogen-bond donors (Lipinski definition) is 5. The van der Waals surface area contributed by atoms with Crippen molar-refractivity contribution in [2.45, 2.75) is 40.5 Å². The quantitative estimate of drug-likeness (QED) is 0.0793. The Morgan fingerprint density at radius 2 is 1.52 bits per heavy atom. The van der Waals surface area contributed by atoms with Gasteiger partial charge in [-0.1, -0.05) is 33.8 Å². The number of aromatic nitrogens is 1. The summed E-state index contributed by atoms with van der Waals surface area (Å²) in [6, 6.07) is 13.4. The third kappa shape index (κ3) is 10.3. The van der Waals surface area contributed by atoms with Gasteiger partial charge >= 0.3 is 5.97 Å². The van der Waals surface area contributed by atoms with Crippen LogP contribution >= 0.6 is 0 Å². The van der Waals surface area contributed by atoms with Gasteiger partial charge in [0.1, 0.15) is 11.5 Å². The van der Waals surface area contributed by atoms with Crippen LogP contribution in [0.4, 0.5) is 5.69 Å². The number of anilines is 1. The molecule has 0 spiro atoms. The minimum absolute atomic E-state index is 0.0567. The van der Waals surface area contributed by atoms with Crippen molar-refractivity contribution in [2.24, 2.45) is 23.0 Å². The van der Waals surface area contributed by atoms with Gasteiger partial charge in [0, 0.05) is 40.4 Å². The van der Waals surface area contributed by atoms with Crippen molar-refractivity contribution in [2.75, 3.05) is 31.8 Å². The standard InChI is InChI=1S/C34H43N5O8S/c1-20(2)16-34(17-21(3)4,19-47-48(6,44)45)18-37-31(40)23-9-12-25(27(15-23)33(42)43)26-13-14-28(46-5)39-29(26)32(41)38-24-10-7-22(8-11-24)30(35)36/h7-15,20-21H,16-19H2,1-6H3,(H3,35,36)(H,37,40)(H,38,41)(H,42,43). The number of methoxy groups -OCH3 is 1. The van der Waals surface area contributed by atoms with E-state index < -0.39 is 33.3 Å². The molecule has 0 atom stereocenters. The van der Waals surface area contributed by atoms with Crippen LogP contribution < -0.4 is 21.1 Å². The predicted octanol–water partition coefficient (Wildman–Crippen LogP) is 4.78. The lowest BCUT2D eigenvalue weighted by atomic mass is 9.74. The van der Waals surface area contributed by atoms with E-state index in [1.807, 2.05) is 27.7 Å². The Hall–Kier alpha value is -4.82. The van der Waals surface area contributed by atoms with Gasteiger partial charge in [-0.15, -0.1) is 0 Å². The number of nitrogen functional groups attached to an aromatic ring is 1. The summed E-state index contributed by atoms with van der Waals surface area (Å²) in [5, 5.41) is 23.3. The molecule has 0 unspecified atom stereocenters. The van der Waals surface area contributed by atoms with Gasteiger partial charge in [0.05, 0.1) is 25.5 Å². The SMILES string of the molecule is COc1ccc(-c2ccc(C(=O)NCC(COS(C)(=O)=O)(CC(C)C)CC(C)C)cc2C(=O)O)c(C(=O)Nc2ccc(C(=N)N)cc2)n1. The summed E-state index contributed by atoms with van der Waals surface area (Å²) in [6.07, 6.45) is 2.14. The number of carbonyl (C=O) groups is 3. The van der Waals surface area contributed by atoms with Crippen molar-refractivity contribution in [3.63, 3.8) is 0 Å². The lowest BCUT2D eigenvalue weighted by molar-refractivity contribution is 0.0697. The van der Waals surface area contributed by atoms with Crippen molar-refractivity contribution in [3.8, 4) is 17.0 Å². The number of ether oxygens (including phenoxy) is 1. The number of rotatable bonds is 16. The first-order valence-electron chi connectivity index (χ1n) is 15.2. The first kappa shape index (κ1) is 37.6. The Kier molecular flexibility index (Phi) is 12.4. The zero-order valence-electron chi connectivity index (χ0n) is 27.9. The molecule has 0 saturated heterocycles. The Bertz CT molecular complexity index is 1760. The number of carboxylic acids is 1. The van der Waals surface area contributed by atoms with Crippen LogP contribution in [0, 0.1) is 22.7 Å². The molecule has 0 radical (unpaired) electrons. The van der Waals surface area contributed by atoms with Crippen molar-refractivity contribution in [1.82, 2.24) is 10.3 Å². The Labute approximate surface area is 280 Å². The normalized spacial score (nSPS) is 11.8. The number of nitrogens with one attached hydrogen (secondary N) is 3. The number of carboxylic acid groups (broad SMARTS) is 1. The minimum atomic E-state index is -3.73. The maximum absolute atomic E-state index is 13.4. The second kappa shape index (κ2) is 15.8. The fourth-order valence-corrected chi connectivity index (χ4v) is 6.16. The molecule has 0 saturated carbocycles. The maximum Gasteiger partial charge on any atom is 0.336 e. The van der Waals surface area contributed by atoms with E-state index in [1.165, 1.54) is 37.4 Å². The van der Waals surface area contributed by atoms with E-state index in [4.69, 9.17) is 20.1 Å². The Morgan fingerprint density at radius 1 is 0.938 bits per heavy atom. The topological polar surface area (TPSA) is 211 Å². The molecule has 0 aliphatic carbocycles. The lowest BCUT2D eigenvalue weighted by Crippen LogP contribution is -2.43. The van der Waals surface area contributed by atoms with E-state index >= 15 is 0 Å². The highest BCUT2D eigenvalue weighted by molar-refractivity contribution is 7.85. The first-order chi connectivity index (χ1) is 22.4. The molecule has 258 valence electrons. The molecular weight excluding hydrogens is 638 g/mol. The summed E-state index contributed by atoms with van der Waals surface area (Å²) < 4.78 is 34.2. The van der Waals surface area contributed by atoms with Gasteiger partial charge in [-0.3, -0.25) is 19.2 Å². The predicted molar refractivity (Wildman–Crippen MR) is 183 cm³/mol. The van der Waals surface area contributed by atoms with Crippen molar-refractivity contribution in [3.05, 3.63) is 77.0 Å². The molecule has 3 aromatic rings. The van der Waals surface area contributed by atoms with Crippen molar-refractivity contribution < 1.29 is 36.8 Å². The minimum Gasteiger partial charge on any atom is -0.481 e. The number of hydrogen-bond acceptors (Lipinski definition) is 9. The van der Waals surface area contributed by atoms with Crippen LogP contribution in [0.25, 0.3) is 11.1 Å². The summed E-state index contributed by atoms with van der Waals surface area (Å²) in [6.45, 7) is 7.99. The number of aromatic carboxylic acids is 1. The van der Waals surface area contributed by atoms with Crippen LogP contribution in [0.15, 0.2) is 54.6 Å². The molecule has 48 heavy (non-hydrogen) atoms. The average Bonchev–Trinajstić information content (AvgIpc) is 3.01. The van der Waals surface area contributed by atoms with Gasteiger partial charge < -0.3 is 26.2 Å². The maximum atomic E-state index is 13.4. The van der Waals surface area contributed by atoms with Crippen molar-refractivity contribution in [1.29, 1.82) is 5.41 Å². The second-order valence-corrected chi connectivity index (χ2v) is 14.2. The monoisotopic (exact) mass is 681 g/mol. The number of amidine groups is 1. The number of carbonyl (C=O) groups excluding carboxylic acids is 2. The fraction of sp³-hybridized carbons (Fsp3) is 0.382. The molecule has 0 aliphatic heterocycles. The van der Waals surface area contributed by atoms with Crippen LogP contribution in [-0.2, 0) is 14.3 Å². The van der Waals surface area contributed by atoms with Crippen LogP contribution in [-0.4, -0.2) is 68.6 Å². The summed E-state index contributed by atoms with van der Waals surface area (Å²) in [7, 11) is -2.36. The Balaban J connectivity index is 1.97. The second-order valence-electron chi connectivity index (χ2n) is 12.6. The molecule has 13 nitrogen and oxygen atoms in total. The largest absolute Gasteiger partial charge is 0.481 e. The third-order valence-electron chi connectivity index (χ3n) is 7.44. The number of pyridine rings is 1. The number of nitrogens with zero attached hydrogens (tertiary/aromatic N) is 1. The molecule has 6 N–H and O–H groups in total. The Morgan fingerprint density at radius 3 is 2.04 bits per heavy atom. The molecular formula is C34H43N5O8S. The molecule has 2 aromatic carbocycles. The molecule has 1 aromatic heterocycles. The summed E-state index contributed by atoms with van der Waals surface area (Å²) in [4.78, 5) is 43.7. The molecule has 0 bridgehead atoms. The number of benzene rings is 2. The zero-order chi connectivity index (χ0) is 35.8. The molecule has 0 aliphatic rings. The van der Waals surface area contributed by atoms with Crippen LogP contribution in [0.2, 0.25) is 0 Å². The molecule has 2 amide bonds. The van der Waals surface area contributed by atoms with Crippen LogP contribution in [0.1, 0.15) is 77.3 Å².